The first-order valence-electron chi connectivity index (χ1n) is 12.2. The maximum absolute atomic E-state index is 12.2. The monoisotopic (exact) mass is 509 g/mol. The molecule has 1 aromatic heterocycles. The lowest BCUT2D eigenvalue weighted by atomic mass is 9.98. The average molecular weight is 510 g/mol. The topological polar surface area (TPSA) is 134 Å². The Morgan fingerprint density at radius 1 is 1.26 bits per heavy atom. The van der Waals surface area contributed by atoms with Crippen molar-refractivity contribution in [3.63, 3.8) is 0 Å². The first kappa shape index (κ1) is 25.9. The number of sulfonamides is 1. The van der Waals surface area contributed by atoms with Crippen LogP contribution in [0.4, 0.5) is 10.6 Å². The van der Waals surface area contributed by atoms with Gasteiger partial charge in [0.05, 0.1) is 37.4 Å². The summed E-state index contributed by atoms with van der Waals surface area (Å²) in [6.45, 7) is 4.10. The quantitative estimate of drug-likeness (QED) is 0.405. The van der Waals surface area contributed by atoms with Gasteiger partial charge in [0, 0.05) is 26.2 Å². The van der Waals surface area contributed by atoms with E-state index in [2.05, 4.69) is 15.3 Å². The standard InChI is InChI=1S/C23H35N5O6S/c1-22(5-6-22)34-21(29)28-11-3-18(4-12-28)17-33-20-16-25-19(15-26-20)24-10-13-27(2)35(31,32)14-9-23(30)7-8-23/h2,15-16,18,30H,3-14,17H2,1H3,(H,24,25). The van der Waals surface area contributed by atoms with Crippen molar-refractivity contribution in [2.45, 2.75) is 63.1 Å². The summed E-state index contributed by atoms with van der Waals surface area (Å²) in [7, 11) is 2.07. The Morgan fingerprint density at radius 2 is 1.97 bits per heavy atom. The van der Waals surface area contributed by atoms with Crippen molar-refractivity contribution in [3.8, 4) is 5.88 Å². The summed E-state index contributed by atoms with van der Waals surface area (Å²) in [5.74, 6) is 1.04. The summed E-state index contributed by atoms with van der Waals surface area (Å²) < 4.78 is 36.5. The average Bonchev–Trinajstić information content (AvgIpc) is 3.76. The molecule has 1 saturated heterocycles. The van der Waals surface area contributed by atoms with Crippen molar-refractivity contribution in [2.24, 2.45) is 5.92 Å². The van der Waals surface area contributed by atoms with Gasteiger partial charge in [0.15, 0.2) is 0 Å². The van der Waals surface area contributed by atoms with Crippen molar-refractivity contribution < 1.29 is 27.8 Å². The van der Waals surface area contributed by atoms with E-state index in [1.807, 2.05) is 6.92 Å². The molecule has 2 radical (unpaired) electrons. The van der Waals surface area contributed by atoms with E-state index in [0.717, 1.165) is 30.0 Å². The van der Waals surface area contributed by atoms with E-state index < -0.39 is 15.6 Å². The second-order valence-corrected chi connectivity index (χ2v) is 12.2. The van der Waals surface area contributed by atoms with Crippen LogP contribution in [0.3, 0.4) is 0 Å². The van der Waals surface area contributed by atoms with Gasteiger partial charge < -0.3 is 24.8 Å². The van der Waals surface area contributed by atoms with Crippen LogP contribution < -0.4 is 10.1 Å². The molecule has 0 aromatic carbocycles. The third-order valence-corrected chi connectivity index (χ3v) is 8.52. The van der Waals surface area contributed by atoms with Gasteiger partial charge in [0.1, 0.15) is 11.4 Å². The maximum Gasteiger partial charge on any atom is 0.410 e. The Balaban J connectivity index is 1.11. The molecule has 2 saturated carbocycles. The van der Waals surface area contributed by atoms with Gasteiger partial charge in [-0.2, -0.15) is 4.31 Å². The largest absolute Gasteiger partial charge is 0.476 e. The molecule has 35 heavy (non-hydrogen) atoms. The second-order valence-electron chi connectivity index (χ2n) is 10.1. The number of piperidine rings is 1. The number of carbonyl (C=O) groups is 1. The van der Waals surface area contributed by atoms with Crippen LogP contribution in [0.2, 0.25) is 0 Å². The fourth-order valence-electron chi connectivity index (χ4n) is 3.78. The zero-order chi connectivity index (χ0) is 25.1. The molecule has 11 nitrogen and oxygen atoms in total. The van der Waals surface area contributed by atoms with E-state index in [0.29, 0.717) is 50.2 Å². The highest BCUT2D eigenvalue weighted by Gasteiger charge is 2.43. The fraction of sp³-hybridized carbons (Fsp3) is 0.739. The molecule has 3 aliphatic rings. The third kappa shape index (κ3) is 7.65. The fourth-order valence-corrected chi connectivity index (χ4v) is 5.03. The SMILES string of the molecule is [CH]N(CCNc1cnc(OCC2CCN(C(=O)OC3(C)CC3)CC2)cn1)S(=O)(=O)CCC1(O)CC1. The van der Waals surface area contributed by atoms with E-state index in [1.54, 1.807) is 4.90 Å². The zero-order valence-electron chi connectivity index (χ0n) is 20.2. The van der Waals surface area contributed by atoms with Gasteiger partial charge in [-0.25, -0.2) is 23.2 Å². The Hall–Kier alpha value is -2.18. The first-order valence-corrected chi connectivity index (χ1v) is 13.8. The number of aliphatic hydroxyl groups is 1. The van der Waals surface area contributed by atoms with Crippen molar-refractivity contribution in [1.29, 1.82) is 0 Å². The molecule has 1 aromatic rings. The molecule has 12 heteroatoms. The molecule has 2 aliphatic carbocycles. The molecule has 0 unspecified atom stereocenters. The van der Waals surface area contributed by atoms with Crippen LogP contribution in [0, 0.1) is 13.0 Å². The maximum atomic E-state index is 12.2. The number of likely N-dealkylation sites (tertiary alicyclic amines) is 1. The lowest BCUT2D eigenvalue weighted by Gasteiger charge is -2.31. The number of carbonyl (C=O) groups excluding carboxylic acids is 1. The smallest absolute Gasteiger partial charge is 0.410 e. The van der Waals surface area contributed by atoms with Crippen molar-refractivity contribution in [2.75, 3.05) is 43.9 Å². The number of anilines is 1. The summed E-state index contributed by atoms with van der Waals surface area (Å²) in [6.07, 6.45) is 7.87. The Morgan fingerprint density at radius 3 is 2.57 bits per heavy atom. The first-order chi connectivity index (χ1) is 16.6. The number of hydrogen-bond acceptors (Lipinski definition) is 9. The Bertz CT molecular complexity index is 973. The van der Waals surface area contributed by atoms with Crippen LogP contribution in [0.5, 0.6) is 5.88 Å². The Labute approximate surface area is 207 Å². The van der Waals surface area contributed by atoms with E-state index in [-0.39, 0.29) is 37.0 Å². The lowest BCUT2D eigenvalue weighted by Crippen LogP contribution is -2.41. The zero-order valence-corrected chi connectivity index (χ0v) is 21.0. The second kappa shape index (κ2) is 10.4. The van der Waals surface area contributed by atoms with Crippen LogP contribution in [0.25, 0.3) is 0 Å². The summed E-state index contributed by atoms with van der Waals surface area (Å²) >= 11 is 0. The summed E-state index contributed by atoms with van der Waals surface area (Å²) in [5.41, 5.74) is -1.08. The molecule has 3 fully saturated rings. The highest BCUT2D eigenvalue weighted by atomic mass is 32.2. The minimum Gasteiger partial charge on any atom is -0.476 e. The van der Waals surface area contributed by atoms with Crippen molar-refractivity contribution in [3.05, 3.63) is 19.4 Å². The minimum absolute atomic E-state index is 0.0617. The Kier molecular flexibility index (Phi) is 7.72. The number of nitrogens with one attached hydrogen (secondary N) is 1. The van der Waals surface area contributed by atoms with Gasteiger partial charge >= 0.3 is 6.09 Å². The molecule has 1 amide bonds. The van der Waals surface area contributed by atoms with Gasteiger partial charge in [0.2, 0.25) is 15.9 Å². The molecule has 0 bridgehead atoms. The number of nitrogens with zero attached hydrogens (tertiary/aromatic N) is 4. The third-order valence-electron chi connectivity index (χ3n) is 6.90. The van der Waals surface area contributed by atoms with Crippen LogP contribution >= 0.6 is 0 Å². The summed E-state index contributed by atoms with van der Waals surface area (Å²) in [6, 6.07) is 0. The predicted molar refractivity (Wildman–Crippen MR) is 128 cm³/mol. The van der Waals surface area contributed by atoms with Gasteiger partial charge in [-0.1, -0.05) is 0 Å². The molecule has 2 heterocycles. The summed E-state index contributed by atoms with van der Waals surface area (Å²) in [5, 5.41) is 12.8. The van der Waals surface area contributed by atoms with E-state index in [9.17, 15) is 18.3 Å². The summed E-state index contributed by atoms with van der Waals surface area (Å²) in [4.78, 5) is 22.5. The van der Waals surface area contributed by atoms with Crippen LogP contribution in [0.15, 0.2) is 12.4 Å². The lowest BCUT2D eigenvalue weighted by molar-refractivity contribution is 0.0454. The molecule has 0 spiro atoms. The molecule has 194 valence electrons. The van der Waals surface area contributed by atoms with Gasteiger partial charge in [-0.3, -0.25) is 0 Å². The molecule has 0 atom stereocenters. The van der Waals surface area contributed by atoms with Crippen LogP contribution in [-0.4, -0.2) is 88.5 Å². The van der Waals surface area contributed by atoms with Crippen LogP contribution in [0.1, 0.15) is 51.9 Å². The molecule has 2 N–H and O–H groups in total. The highest BCUT2D eigenvalue weighted by molar-refractivity contribution is 7.89. The predicted octanol–water partition coefficient (Wildman–Crippen LogP) is 1.88. The normalized spacial score (nSPS) is 21.0. The van der Waals surface area contributed by atoms with Gasteiger partial charge in [0.25, 0.3) is 0 Å². The van der Waals surface area contributed by atoms with Gasteiger partial charge in [-0.15, -0.1) is 0 Å². The number of ether oxygens (including phenoxy) is 2. The molecule has 1 aliphatic heterocycles. The van der Waals surface area contributed by atoms with Crippen LogP contribution in [-0.2, 0) is 14.8 Å². The minimum atomic E-state index is -3.62. The van der Waals surface area contributed by atoms with Gasteiger partial charge in [-0.05, 0) is 57.8 Å². The number of aromatic nitrogens is 2. The van der Waals surface area contributed by atoms with Crippen molar-refractivity contribution >= 4 is 21.9 Å². The van der Waals surface area contributed by atoms with E-state index in [4.69, 9.17) is 16.5 Å². The van der Waals surface area contributed by atoms with Crippen molar-refractivity contribution in [1.82, 2.24) is 19.2 Å². The van der Waals surface area contributed by atoms with E-state index >= 15 is 0 Å². The number of amides is 1. The highest BCUT2D eigenvalue weighted by Crippen LogP contribution is 2.39. The van der Waals surface area contributed by atoms with E-state index in [1.165, 1.54) is 12.4 Å². The molecule has 4 rings (SSSR count). The number of rotatable bonds is 12. The molecular formula is C23H35N5O6S. The molecular weight excluding hydrogens is 474 g/mol. The number of hydrogen-bond donors (Lipinski definition) is 2.